The van der Waals surface area contributed by atoms with Gasteiger partial charge in [0.2, 0.25) is 0 Å². The van der Waals surface area contributed by atoms with Crippen LogP contribution in [-0.4, -0.2) is 20.3 Å². The molecular weight excluding hydrogens is 496 g/mol. The minimum absolute atomic E-state index is 0. The van der Waals surface area contributed by atoms with Crippen molar-refractivity contribution >= 4 is 0 Å². The van der Waals surface area contributed by atoms with E-state index in [1.165, 1.54) is 0 Å². The zero-order chi connectivity index (χ0) is 14.3. The van der Waals surface area contributed by atoms with Crippen LogP contribution in [0.3, 0.4) is 0 Å². The molecule has 18 heteroatoms. The van der Waals surface area contributed by atoms with Crippen LogP contribution in [0.15, 0.2) is 0 Å². The Bertz CT molecular complexity index is 164. The van der Waals surface area contributed by atoms with E-state index < -0.39 is 20.3 Å². The zero-order valence-corrected chi connectivity index (χ0v) is 12.3. The van der Waals surface area contributed by atoms with Crippen molar-refractivity contribution in [1.29, 1.82) is 0 Å². The Kier molecular flexibility index (Phi) is 59.5. The van der Waals surface area contributed by atoms with Gasteiger partial charge in [0, 0.05) is 39.9 Å². The molecule has 0 rings (SSSR count). The third kappa shape index (κ3) is 2990. The Labute approximate surface area is 146 Å². The molecule has 16 nitrogen and oxygen atoms in total. The molecule has 0 aromatic heterocycles. The van der Waals surface area contributed by atoms with Crippen molar-refractivity contribution in [3.05, 3.63) is 61.3 Å². The largest absolute Gasteiger partial charge is 4.00 e. The second-order valence-corrected chi connectivity index (χ2v) is 0.894. The zero-order valence-electron chi connectivity index (χ0n) is 7.54. The van der Waals surface area contributed by atoms with E-state index >= 15 is 0 Å². The molecule has 0 spiro atoms. The summed E-state index contributed by atoms with van der Waals surface area (Å²) < 4.78 is 0. The summed E-state index contributed by atoms with van der Waals surface area (Å²) in [6.07, 6.45) is 0. The number of hydrogen-bond donors (Lipinski definition) is 0. The molecule has 0 bridgehead atoms. The SMILES string of the molecule is O=[N+]([O-])[O-].O=[N+]([O-])[O-].O=[N+]([O-])[O-].O=[N+]([O-])[O-].[Gd].[Zr+4]. The molecule has 104 valence electrons. The van der Waals surface area contributed by atoms with Gasteiger partial charge in [-0.05, 0) is 0 Å². The van der Waals surface area contributed by atoms with Gasteiger partial charge < -0.3 is 61.3 Å². The first-order valence-corrected chi connectivity index (χ1v) is 2.19. The smallest absolute Gasteiger partial charge is 0.356 e. The van der Waals surface area contributed by atoms with Gasteiger partial charge in [-0.3, -0.25) is 0 Å². The van der Waals surface area contributed by atoms with E-state index in [1.807, 2.05) is 0 Å². The van der Waals surface area contributed by atoms with Crippen molar-refractivity contribution in [2.24, 2.45) is 0 Å². The fraction of sp³-hybridized carbons (Fsp3) is 0. The molecule has 0 saturated heterocycles. The van der Waals surface area contributed by atoms with Gasteiger partial charge in [0.05, 0.1) is 20.3 Å². The molecule has 0 aromatic carbocycles. The monoisotopic (exact) mass is 496 g/mol. The van der Waals surface area contributed by atoms with Crippen LogP contribution in [-0.2, 0) is 26.2 Å². The summed E-state index contributed by atoms with van der Waals surface area (Å²) in [7, 11) is 0. The van der Waals surface area contributed by atoms with Gasteiger partial charge in [0.1, 0.15) is 0 Å². The van der Waals surface area contributed by atoms with E-state index in [0.717, 1.165) is 0 Å². The van der Waals surface area contributed by atoms with Gasteiger partial charge >= 0.3 is 26.2 Å². The van der Waals surface area contributed by atoms with Gasteiger partial charge in [0.15, 0.2) is 0 Å². The summed E-state index contributed by atoms with van der Waals surface area (Å²) in [4.78, 5) is 33.0. The van der Waals surface area contributed by atoms with Crippen molar-refractivity contribution in [2.45, 2.75) is 0 Å². The molecule has 18 heavy (non-hydrogen) atoms. The summed E-state index contributed by atoms with van der Waals surface area (Å²) in [6.45, 7) is 0. The van der Waals surface area contributed by atoms with Crippen LogP contribution < -0.4 is 0 Å². The second-order valence-electron chi connectivity index (χ2n) is 0.894. The summed E-state index contributed by atoms with van der Waals surface area (Å²) in [5.41, 5.74) is 0. The Morgan fingerprint density at radius 1 is 0.444 bits per heavy atom. The number of rotatable bonds is 0. The quantitative estimate of drug-likeness (QED) is 0.290. The topological polar surface area (TPSA) is 265 Å². The molecule has 0 saturated carbocycles. The summed E-state index contributed by atoms with van der Waals surface area (Å²) in [5, 5.41) is 59.0. The average Bonchev–Trinajstić information content (AvgIpc) is 1.76. The molecule has 0 heterocycles. The minimum Gasteiger partial charge on any atom is -0.356 e. The molecular formula is GdN4O12Zr. The maximum Gasteiger partial charge on any atom is 4.00 e. The molecule has 0 aliphatic rings. The van der Waals surface area contributed by atoms with E-state index in [4.69, 9.17) is 61.3 Å². The standard InChI is InChI=1S/Gd.4NO3.Zr/c;4*2-1(3)4;/q;4*-1;+4. The first-order valence-electron chi connectivity index (χ1n) is 2.19. The van der Waals surface area contributed by atoms with Crippen LogP contribution in [0.25, 0.3) is 0 Å². The second kappa shape index (κ2) is 29.8. The molecule has 0 aliphatic heterocycles. The molecule has 0 amide bonds. The van der Waals surface area contributed by atoms with Gasteiger partial charge in [-0.15, -0.1) is 0 Å². The van der Waals surface area contributed by atoms with Crippen LogP contribution in [0.2, 0.25) is 0 Å². The number of hydrogen-bond acceptors (Lipinski definition) is 12. The fourth-order valence-corrected chi connectivity index (χ4v) is 0. The Morgan fingerprint density at radius 3 is 0.444 bits per heavy atom. The predicted molar refractivity (Wildman–Crippen MR) is 41.4 cm³/mol. The molecule has 0 aliphatic carbocycles. The first-order chi connectivity index (χ1) is 6.93. The third-order valence-corrected chi connectivity index (χ3v) is 0. The summed E-state index contributed by atoms with van der Waals surface area (Å²) in [6, 6.07) is 0. The van der Waals surface area contributed by atoms with Crippen LogP contribution in [0.1, 0.15) is 0 Å². The summed E-state index contributed by atoms with van der Waals surface area (Å²) in [5.74, 6) is 0. The van der Waals surface area contributed by atoms with Crippen LogP contribution in [0.5, 0.6) is 0 Å². The van der Waals surface area contributed by atoms with Crippen LogP contribution in [0, 0.1) is 101 Å². The van der Waals surface area contributed by atoms with Crippen molar-refractivity contribution < 1.29 is 86.5 Å². The molecule has 0 N–H and O–H groups in total. The Hall–Kier alpha value is -0.992. The van der Waals surface area contributed by atoms with Gasteiger partial charge in [0.25, 0.3) is 0 Å². The predicted octanol–water partition coefficient (Wildman–Crippen LogP) is -0.959. The Morgan fingerprint density at radius 2 is 0.444 bits per heavy atom. The van der Waals surface area contributed by atoms with E-state index in [-0.39, 0.29) is 66.1 Å². The van der Waals surface area contributed by atoms with E-state index in [0.29, 0.717) is 0 Å². The third-order valence-electron chi connectivity index (χ3n) is 0. The molecule has 0 unspecified atom stereocenters. The van der Waals surface area contributed by atoms with Gasteiger partial charge in [-0.25, -0.2) is 0 Å². The first kappa shape index (κ1) is 36.0. The van der Waals surface area contributed by atoms with Crippen LogP contribution >= 0.6 is 0 Å². The van der Waals surface area contributed by atoms with Gasteiger partial charge in [-0.2, -0.15) is 0 Å². The molecule has 0 atom stereocenters. The van der Waals surface area contributed by atoms with Crippen molar-refractivity contribution in [3.8, 4) is 0 Å². The average molecular weight is 496 g/mol. The summed E-state index contributed by atoms with van der Waals surface area (Å²) >= 11 is 0. The minimum atomic E-state index is -1.75. The van der Waals surface area contributed by atoms with Gasteiger partial charge in [-0.1, -0.05) is 0 Å². The maximum atomic E-state index is 8.25. The fourth-order valence-electron chi connectivity index (χ4n) is 0. The number of nitrogens with zero attached hydrogens (tertiary/aromatic N) is 4. The molecule has 0 aromatic rings. The van der Waals surface area contributed by atoms with E-state index in [9.17, 15) is 0 Å². The maximum absolute atomic E-state index is 8.25. The molecule has 0 fully saturated rings. The van der Waals surface area contributed by atoms with Crippen molar-refractivity contribution in [3.63, 3.8) is 0 Å². The van der Waals surface area contributed by atoms with Crippen molar-refractivity contribution in [1.82, 2.24) is 0 Å². The van der Waals surface area contributed by atoms with Crippen molar-refractivity contribution in [2.75, 3.05) is 0 Å². The van der Waals surface area contributed by atoms with E-state index in [1.54, 1.807) is 0 Å². The Balaban J connectivity index is -0.0000000257. The molecule has 0 radical (unpaired) electrons. The normalized spacial score (nSPS) is 5.33. The van der Waals surface area contributed by atoms with E-state index in [2.05, 4.69) is 0 Å². The van der Waals surface area contributed by atoms with Crippen LogP contribution in [0.4, 0.5) is 0 Å².